The molecule has 0 radical (unpaired) electrons. The number of nitrogens with zero attached hydrogens (tertiary/aromatic N) is 2. The van der Waals surface area contributed by atoms with Gasteiger partial charge in [-0.15, -0.1) is 0 Å². The maximum atomic E-state index is 12.6. The van der Waals surface area contributed by atoms with E-state index in [2.05, 4.69) is 5.16 Å². The molecule has 1 aliphatic carbocycles. The molecule has 1 saturated carbocycles. The molecule has 1 aromatic rings. The zero-order valence-corrected chi connectivity index (χ0v) is 14.5. The molecule has 1 aromatic heterocycles. The molecular weight excluding hydrogens is 332 g/mol. The molecule has 1 unspecified atom stereocenters. The number of ether oxygens (including phenoxy) is 1. The van der Waals surface area contributed by atoms with Gasteiger partial charge in [0.1, 0.15) is 10.5 Å². The monoisotopic (exact) mass is 354 g/mol. The van der Waals surface area contributed by atoms with Gasteiger partial charge in [-0.3, -0.25) is 4.79 Å². The minimum Gasteiger partial charge on any atom is -0.381 e. The van der Waals surface area contributed by atoms with Gasteiger partial charge in [-0.05, 0) is 32.1 Å². The summed E-state index contributed by atoms with van der Waals surface area (Å²) in [6.45, 7) is 3.39. The largest absolute Gasteiger partial charge is 0.381 e. The van der Waals surface area contributed by atoms with Gasteiger partial charge in [-0.2, -0.15) is 0 Å². The van der Waals surface area contributed by atoms with E-state index >= 15 is 0 Å². The molecule has 3 fully saturated rings. The first kappa shape index (κ1) is 16.1. The van der Waals surface area contributed by atoms with E-state index in [9.17, 15) is 13.2 Å². The van der Waals surface area contributed by atoms with Crippen molar-refractivity contribution in [3.05, 3.63) is 17.5 Å². The highest BCUT2D eigenvalue weighted by atomic mass is 32.2. The summed E-state index contributed by atoms with van der Waals surface area (Å²) in [5, 5.41) is 3.72. The molecule has 0 bridgehead atoms. The number of hydrogen-bond acceptors (Lipinski definition) is 6. The van der Waals surface area contributed by atoms with E-state index in [1.165, 1.54) is 12.8 Å². The molecule has 7 nitrogen and oxygen atoms in total. The second-order valence-electron chi connectivity index (χ2n) is 7.33. The fourth-order valence-corrected chi connectivity index (χ4v) is 6.14. The first-order chi connectivity index (χ1) is 11.4. The van der Waals surface area contributed by atoms with Crippen molar-refractivity contribution in [1.29, 1.82) is 0 Å². The fourth-order valence-electron chi connectivity index (χ4n) is 3.74. The fraction of sp³-hybridized carbons (Fsp3) is 0.750. The molecule has 3 aliphatic rings. The summed E-state index contributed by atoms with van der Waals surface area (Å²) in [5.74, 6) is 1.12. The Balaban J connectivity index is 1.43. The number of likely N-dealkylation sites (tertiary alicyclic amines) is 1. The topological polar surface area (TPSA) is 89.7 Å². The van der Waals surface area contributed by atoms with Crippen molar-refractivity contribution < 1.29 is 22.5 Å². The van der Waals surface area contributed by atoms with Gasteiger partial charge in [0.2, 0.25) is 0 Å². The summed E-state index contributed by atoms with van der Waals surface area (Å²) in [7, 11) is -3.20. The second kappa shape index (κ2) is 5.56. The van der Waals surface area contributed by atoms with Crippen LogP contribution in [0.2, 0.25) is 0 Å². The lowest BCUT2D eigenvalue weighted by Gasteiger charge is -2.49. The van der Waals surface area contributed by atoms with Crippen LogP contribution in [0.15, 0.2) is 10.6 Å². The van der Waals surface area contributed by atoms with E-state index in [1.54, 1.807) is 17.9 Å². The number of rotatable bonds is 5. The van der Waals surface area contributed by atoms with Crippen LogP contribution in [-0.2, 0) is 14.6 Å². The number of sulfone groups is 1. The lowest BCUT2D eigenvalue weighted by atomic mass is 9.83. The third kappa shape index (κ3) is 2.56. The van der Waals surface area contributed by atoms with Gasteiger partial charge in [0, 0.05) is 31.7 Å². The van der Waals surface area contributed by atoms with Crippen LogP contribution < -0.4 is 0 Å². The van der Waals surface area contributed by atoms with Crippen LogP contribution in [0.5, 0.6) is 0 Å². The van der Waals surface area contributed by atoms with Gasteiger partial charge in [0.15, 0.2) is 15.5 Å². The van der Waals surface area contributed by atoms with Crippen LogP contribution in [-0.4, -0.2) is 61.2 Å². The third-order valence-corrected chi connectivity index (χ3v) is 8.12. The molecule has 1 amide bonds. The highest BCUT2D eigenvalue weighted by Crippen LogP contribution is 2.45. The predicted molar refractivity (Wildman–Crippen MR) is 85.3 cm³/mol. The standard InChI is InChI=1S/C16H22N2O5S/c1-11-6-14(17-23-11)15(19)18-9-16(10-18)13(4-5-24(16,20)21)8-22-7-12-2-3-12/h6,12-13H,2-5,7-10H2,1H3. The summed E-state index contributed by atoms with van der Waals surface area (Å²) in [4.78, 5) is 13.9. The first-order valence-electron chi connectivity index (χ1n) is 8.44. The molecule has 1 atom stereocenters. The van der Waals surface area contributed by atoms with Crippen molar-refractivity contribution in [1.82, 2.24) is 10.1 Å². The molecule has 2 saturated heterocycles. The van der Waals surface area contributed by atoms with Crippen LogP contribution in [0.4, 0.5) is 0 Å². The highest BCUT2D eigenvalue weighted by molar-refractivity contribution is 7.93. The van der Waals surface area contributed by atoms with Gasteiger partial charge >= 0.3 is 0 Å². The molecule has 4 rings (SSSR count). The van der Waals surface area contributed by atoms with Gasteiger partial charge in [-0.1, -0.05) is 5.16 Å². The van der Waals surface area contributed by atoms with Gasteiger partial charge in [0.25, 0.3) is 5.91 Å². The Morgan fingerprint density at radius 1 is 1.38 bits per heavy atom. The Labute approximate surface area is 141 Å². The van der Waals surface area contributed by atoms with Crippen molar-refractivity contribution in [2.24, 2.45) is 11.8 Å². The lowest BCUT2D eigenvalue weighted by molar-refractivity contribution is 0.0222. The third-order valence-electron chi connectivity index (χ3n) is 5.52. The van der Waals surface area contributed by atoms with E-state index in [1.807, 2.05) is 0 Å². The van der Waals surface area contributed by atoms with Crippen molar-refractivity contribution in [2.75, 3.05) is 32.1 Å². The number of aromatic nitrogens is 1. The number of amides is 1. The predicted octanol–water partition coefficient (Wildman–Crippen LogP) is 1.04. The second-order valence-corrected chi connectivity index (χ2v) is 9.78. The van der Waals surface area contributed by atoms with Crippen LogP contribution in [0.1, 0.15) is 35.5 Å². The summed E-state index contributed by atoms with van der Waals surface area (Å²) >= 11 is 0. The van der Waals surface area contributed by atoms with Crippen LogP contribution >= 0.6 is 0 Å². The van der Waals surface area contributed by atoms with Crippen molar-refractivity contribution in [3.63, 3.8) is 0 Å². The quantitative estimate of drug-likeness (QED) is 0.785. The minimum absolute atomic E-state index is 0.0238. The Kier molecular flexibility index (Phi) is 3.72. The van der Waals surface area contributed by atoms with Crippen molar-refractivity contribution in [3.8, 4) is 0 Å². The summed E-state index contributed by atoms with van der Waals surface area (Å²) < 4.78 is 35.0. The number of carbonyl (C=O) groups excluding carboxylic acids is 1. The zero-order chi connectivity index (χ0) is 16.9. The first-order valence-corrected chi connectivity index (χ1v) is 10.1. The number of aryl methyl sites for hydroxylation is 1. The van der Waals surface area contributed by atoms with Gasteiger partial charge in [0.05, 0.1) is 12.4 Å². The Bertz CT molecular complexity index is 746. The molecular formula is C16H22N2O5S. The maximum absolute atomic E-state index is 12.6. The molecule has 8 heteroatoms. The minimum atomic E-state index is -3.20. The molecule has 1 spiro atoms. The maximum Gasteiger partial charge on any atom is 0.276 e. The van der Waals surface area contributed by atoms with E-state index in [0.29, 0.717) is 24.7 Å². The molecule has 2 aliphatic heterocycles. The smallest absolute Gasteiger partial charge is 0.276 e. The summed E-state index contributed by atoms with van der Waals surface area (Å²) in [5.41, 5.74) is 0.235. The number of hydrogen-bond donors (Lipinski definition) is 0. The molecule has 24 heavy (non-hydrogen) atoms. The van der Waals surface area contributed by atoms with Crippen LogP contribution in [0, 0.1) is 18.8 Å². The summed E-state index contributed by atoms with van der Waals surface area (Å²) in [6, 6.07) is 1.58. The number of carbonyl (C=O) groups is 1. The van der Waals surface area contributed by atoms with Crippen molar-refractivity contribution >= 4 is 15.7 Å². The van der Waals surface area contributed by atoms with E-state index < -0.39 is 14.6 Å². The van der Waals surface area contributed by atoms with E-state index in [-0.39, 0.29) is 36.4 Å². The van der Waals surface area contributed by atoms with Crippen LogP contribution in [0.3, 0.4) is 0 Å². The Hall–Kier alpha value is -1.41. The van der Waals surface area contributed by atoms with E-state index in [0.717, 1.165) is 6.61 Å². The Morgan fingerprint density at radius 2 is 2.12 bits per heavy atom. The van der Waals surface area contributed by atoms with Crippen molar-refractivity contribution in [2.45, 2.75) is 30.9 Å². The molecule has 132 valence electrons. The molecule has 0 N–H and O–H groups in total. The van der Waals surface area contributed by atoms with E-state index in [4.69, 9.17) is 9.26 Å². The van der Waals surface area contributed by atoms with Gasteiger partial charge < -0.3 is 14.2 Å². The highest BCUT2D eigenvalue weighted by Gasteiger charge is 2.62. The lowest BCUT2D eigenvalue weighted by Crippen LogP contribution is -2.68. The SMILES string of the molecule is Cc1cc(C(=O)N2CC3(C2)C(COCC2CC2)CCS3(=O)=O)no1. The summed E-state index contributed by atoms with van der Waals surface area (Å²) in [6.07, 6.45) is 3.05. The van der Waals surface area contributed by atoms with Crippen LogP contribution in [0.25, 0.3) is 0 Å². The van der Waals surface area contributed by atoms with Gasteiger partial charge in [-0.25, -0.2) is 8.42 Å². The Morgan fingerprint density at radius 3 is 2.75 bits per heavy atom. The average Bonchev–Trinajstić information content (AvgIpc) is 3.14. The molecule has 3 heterocycles. The average molecular weight is 354 g/mol. The molecule has 0 aromatic carbocycles. The zero-order valence-electron chi connectivity index (χ0n) is 13.7. The normalized spacial score (nSPS) is 27.4.